The van der Waals surface area contributed by atoms with Gasteiger partial charge in [0.15, 0.2) is 0 Å². The van der Waals surface area contributed by atoms with Crippen LogP contribution in [0.1, 0.15) is 12.8 Å². The molecule has 0 unspecified atom stereocenters. The predicted octanol–water partition coefficient (Wildman–Crippen LogP) is 3.54. The lowest BCUT2D eigenvalue weighted by Crippen LogP contribution is -2.14. The molecule has 3 rings (SSSR count). The molecule has 0 radical (unpaired) electrons. The second kappa shape index (κ2) is 8.85. The first-order chi connectivity index (χ1) is 13.5. The molecule has 148 valence electrons. The fraction of sp³-hybridized carbons (Fsp3) is 0.263. The van der Waals surface area contributed by atoms with E-state index in [9.17, 15) is 18.5 Å². The SMILES string of the molecule is O=[N+]([O-])c1cc(S(=O)(=O)Nc2ccccc2)ccc1NCCC1=CCOCC1. The van der Waals surface area contributed by atoms with Gasteiger partial charge in [0.2, 0.25) is 0 Å². The number of benzene rings is 2. The van der Waals surface area contributed by atoms with Gasteiger partial charge in [0.05, 0.1) is 23.0 Å². The molecule has 0 atom stereocenters. The maximum atomic E-state index is 12.5. The van der Waals surface area contributed by atoms with Crippen molar-refractivity contribution in [2.75, 3.05) is 29.8 Å². The number of sulfonamides is 1. The summed E-state index contributed by atoms with van der Waals surface area (Å²) in [5.74, 6) is 0. The maximum Gasteiger partial charge on any atom is 0.293 e. The number of nitrogens with one attached hydrogen (secondary N) is 2. The van der Waals surface area contributed by atoms with Crippen molar-refractivity contribution in [3.63, 3.8) is 0 Å². The maximum absolute atomic E-state index is 12.5. The fourth-order valence-corrected chi connectivity index (χ4v) is 3.93. The number of hydrogen-bond acceptors (Lipinski definition) is 6. The summed E-state index contributed by atoms with van der Waals surface area (Å²) in [5.41, 5.74) is 1.64. The van der Waals surface area contributed by atoms with E-state index in [-0.39, 0.29) is 16.3 Å². The van der Waals surface area contributed by atoms with Crippen molar-refractivity contribution in [3.8, 4) is 0 Å². The Hall–Kier alpha value is -2.91. The topological polar surface area (TPSA) is 111 Å². The zero-order valence-electron chi connectivity index (χ0n) is 15.1. The van der Waals surface area contributed by atoms with Crippen LogP contribution in [-0.2, 0) is 14.8 Å². The molecule has 0 aliphatic carbocycles. The highest BCUT2D eigenvalue weighted by Crippen LogP contribution is 2.29. The highest BCUT2D eigenvalue weighted by atomic mass is 32.2. The lowest BCUT2D eigenvalue weighted by Gasteiger charge is -2.14. The molecule has 28 heavy (non-hydrogen) atoms. The minimum Gasteiger partial charge on any atom is -0.379 e. The van der Waals surface area contributed by atoms with Crippen LogP contribution in [-0.4, -0.2) is 33.1 Å². The van der Waals surface area contributed by atoms with Gasteiger partial charge in [-0.2, -0.15) is 0 Å². The second-order valence-corrected chi connectivity index (χ2v) is 7.95. The molecule has 2 N–H and O–H groups in total. The van der Waals surface area contributed by atoms with Gasteiger partial charge in [0.1, 0.15) is 5.69 Å². The van der Waals surface area contributed by atoms with E-state index in [2.05, 4.69) is 10.0 Å². The van der Waals surface area contributed by atoms with E-state index >= 15 is 0 Å². The molecular weight excluding hydrogens is 382 g/mol. The lowest BCUT2D eigenvalue weighted by atomic mass is 10.1. The van der Waals surface area contributed by atoms with Crippen molar-refractivity contribution < 1.29 is 18.1 Å². The Balaban J connectivity index is 1.75. The van der Waals surface area contributed by atoms with Crippen LogP contribution in [0.3, 0.4) is 0 Å². The molecule has 0 aromatic heterocycles. The predicted molar refractivity (Wildman–Crippen MR) is 107 cm³/mol. The molecule has 1 aliphatic heterocycles. The third kappa shape index (κ3) is 5.08. The number of nitrogens with zero attached hydrogens (tertiary/aromatic N) is 1. The number of hydrogen-bond donors (Lipinski definition) is 2. The van der Waals surface area contributed by atoms with Crippen molar-refractivity contribution in [1.82, 2.24) is 0 Å². The average Bonchev–Trinajstić information content (AvgIpc) is 2.69. The van der Waals surface area contributed by atoms with Crippen molar-refractivity contribution in [2.45, 2.75) is 17.7 Å². The van der Waals surface area contributed by atoms with Crippen LogP contribution < -0.4 is 10.0 Å². The largest absolute Gasteiger partial charge is 0.379 e. The second-order valence-electron chi connectivity index (χ2n) is 6.27. The van der Waals surface area contributed by atoms with Gasteiger partial charge in [0.25, 0.3) is 15.7 Å². The van der Waals surface area contributed by atoms with Crippen molar-refractivity contribution in [2.24, 2.45) is 0 Å². The molecule has 0 amide bonds. The number of nitro groups is 1. The Bertz CT molecular complexity index is 974. The van der Waals surface area contributed by atoms with Gasteiger partial charge >= 0.3 is 0 Å². The number of anilines is 2. The summed E-state index contributed by atoms with van der Waals surface area (Å²) >= 11 is 0. The number of rotatable bonds is 8. The summed E-state index contributed by atoms with van der Waals surface area (Å²) in [7, 11) is -3.93. The molecule has 0 saturated carbocycles. The molecule has 2 aromatic rings. The third-order valence-electron chi connectivity index (χ3n) is 4.32. The van der Waals surface area contributed by atoms with Gasteiger partial charge in [-0.3, -0.25) is 14.8 Å². The van der Waals surface area contributed by atoms with Crippen molar-refractivity contribution >= 4 is 27.1 Å². The summed E-state index contributed by atoms with van der Waals surface area (Å²) < 4.78 is 32.7. The molecule has 0 bridgehead atoms. The molecule has 0 fully saturated rings. The third-order valence-corrected chi connectivity index (χ3v) is 5.70. The van der Waals surface area contributed by atoms with Gasteiger partial charge in [-0.05, 0) is 37.1 Å². The first-order valence-electron chi connectivity index (χ1n) is 8.81. The molecule has 0 spiro atoms. The van der Waals surface area contributed by atoms with Crippen LogP contribution in [0.15, 0.2) is 65.1 Å². The Kier molecular flexibility index (Phi) is 6.27. The summed E-state index contributed by atoms with van der Waals surface area (Å²) in [6.07, 6.45) is 3.62. The van der Waals surface area contributed by atoms with Gasteiger partial charge in [-0.1, -0.05) is 29.8 Å². The Morgan fingerprint density at radius 1 is 1.14 bits per heavy atom. The normalized spacial score (nSPS) is 14.2. The summed E-state index contributed by atoms with van der Waals surface area (Å²) in [4.78, 5) is 10.7. The monoisotopic (exact) mass is 403 g/mol. The van der Waals surface area contributed by atoms with E-state index in [1.165, 1.54) is 17.7 Å². The smallest absolute Gasteiger partial charge is 0.293 e. The molecular formula is C19H21N3O5S. The van der Waals surface area contributed by atoms with E-state index in [4.69, 9.17) is 4.74 Å². The quantitative estimate of drug-likeness (QED) is 0.396. The van der Waals surface area contributed by atoms with Crippen LogP contribution in [0.2, 0.25) is 0 Å². The molecule has 2 aromatic carbocycles. The van der Waals surface area contributed by atoms with Crippen molar-refractivity contribution in [1.29, 1.82) is 0 Å². The van der Waals surface area contributed by atoms with Crippen LogP contribution in [0.5, 0.6) is 0 Å². The minimum atomic E-state index is -3.93. The Morgan fingerprint density at radius 2 is 1.93 bits per heavy atom. The highest BCUT2D eigenvalue weighted by molar-refractivity contribution is 7.92. The van der Waals surface area contributed by atoms with Gasteiger partial charge in [0, 0.05) is 18.3 Å². The van der Waals surface area contributed by atoms with Gasteiger partial charge in [-0.25, -0.2) is 8.42 Å². The number of para-hydroxylation sites is 1. The van der Waals surface area contributed by atoms with E-state index in [1.54, 1.807) is 30.3 Å². The minimum absolute atomic E-state index is 0.166. The summed E-state index contributed by atoms with van der Waals surface area (Å²) in [5, 5.41) is 14.5. The van der Waals surface area contributed by atoms with Gasteiger partial charge < -0.3 is 10.1 Å². The molecule has 0 saturated heterocycles. The molecule has 1 aliphatic rings. The number of ether oxygens (including phenoxy) is 1. The van der Waals surface area contributed by atoms with Crippen molar-refractivity contribution in [3.05, 3.63) is 70.3 Å². The van der Waals surface area contributed by atoms with Crippen LogP contribution >= 0.6 is 0 Å². The van der Waals surface area contributed by atoms with E-state index in [1.807, 2.05) is 6.08 Å². The summed E-state index contributed by atoms with van der Waals surface area (Å²) in [6, 6.07) is 12.2. The highest BCUT2D eigenvalue weighted by Gasteiger charge is 2.21. The molecule has 1 heterocycles. The fourth-order valence-electron chi connectivity index (χ4n) is 2.85. The van der Waals surface area contributed by atoms with E-state index < -0.39 is 14.9 Å². The van der Waals surface area contributed by atoms with E-state index in [0.717, 1.165) is 18.9 Å². The standard InChI is InChI=1S/C19H21N3O5S/c23-22(24)19-14-17(28(25,26)21-16-4-2-1-3-5-16)6-7-18(19)20-11-8-15-9-12-27-13-10-15/h1-7,9,14,20-21H,8,10-13H2. The zero-order valence-corrected chi connectivity index (χ0v) is 15.9. The first kappa shape index (κ1) is 19.8. The first-order valence-corrected chi connectivity index (χ1v) is 10.3. The number of nitro benzene ring substituents is 1. The Morgan fingerprint density at radius 3 is 2.61 bits per heavy atom. The molecule has 8 nitrogen and oxygen atoms in total. The van der Waals surface area contributed by atoms with Crippen LogP contribution in [0.4, 0.5) is 17.1 Å². The van der Waals surface area contributed by atoms with E-state index in [0.29, 0.717) is 25.4 Å². The van der Waals surface area contributed by atoms with Gasteiger partial charge in [-0.15, -0.1) is 0 Å². The Labute approximate surface area is 163 Å². The zero-order chi connectivity index (χ0) is 20.0. The lowest BCUT2D eigenvalue weighted by molar-refractivity contribution is -0.384. The summed E-state index contributed by atoms with van der Waals surface area (Å²) in [6.45, 7) is 1.80. The van der Waals surface area contributed by atoms with Crippen LogP contribution in [0, 0.1) is 10.1 Å². The molecule has 9 heteroatoms. The van der Waals surface area contributed by atoms with Crippen LogP contribution in [0.25, 0.3) is 0 Å². The average molecular weight is 403 g/mol.